The van der Waals surface area contributed by atoms with Crippen molar-refractivity contribution in [2.45, 2.75) is 95.6 Å². The lowest BCUT2D eigenvalue weighted by Gasteiger charge is -2.23. The molecule has 0 radical (unpaired) electrons. The molecule has 2 fully saturated rings. The Morgan fingerprint density at radius 3 is 1.31 bits per heavy atom. The molecule has 396 valence electrons. The molecular formula is C49H69BBr2O18S. The summed E-state index contributed by atoms with van der Waals surface area (Å²) >= 11 is 6.78. The third kappa shape index (κ3) is 22.2. The van der Waals surface area contributed by atoms with E-state index in [9.17, 15) is 18.5 Å². The van der Waals surface area contributed by atoms with Crippen LogP contribution in [0.5, 0.6) is 34.5 Å². The molecule has 0 spiro atoms. The van der Waals surface area contributed by atoms with Crippen molar-refractivity contribution >= 4 is 54.6 Å². The number of hydrogen-bond acceptors (Lipinski definition) is 16. The average Bonchev–Trinajstić information content (AvgIpc) is 3.39. The van der Waals surface area contributed by atoms with Gasteiger partial charge in [0.2, 0.25) is 0 Å². The summed E-state index contributed by atoms with van der Waals surface area (Å²) in [5, 5.41) is 27.8. The summed E-state index contributed by atoms with van der Waals surface area (Å²) in [6.45, 7) is 5.08. The number of allylic oxidation sites excluding steroid dienone is 1. The SMILES string of the molecule is C1=COCCC1.COc1cc(CO)cc(OC)c1Br.COc1cc(COC2CCCCO2)cc(OC)c1B(O)O.COc1cc(COC2CCCCO2)cc(OC)c1Br.Cc1ccc(S(=O)(=O)O)cc1.O. The van der Waals surface area contributed by atoms with Crippen LogP contribution in [-0.2, 0) is 53.6 Å². The quantitative estimate of drug-likeness (QED) is 0.0660. The summed E-state index contributed by atoms with van der Waals surface area (Å²) in [7, 11) is 3.66. The molecule has 4 aromatic rings. The van der Waals surface area contributed by atoms with Gasteiger partial charge in [0.05, 0.1) is 85.7 Å². The smallest absolute Gasteiger partial charge is 0.496 e. The first-order valence-corrected chi connectivity index (χ1v) is 25.4. The van der Waals surface area contributed by atoms with E-state index in [1.54, 1.807) is 71.1 Å². The van der Waals surface area contributed by atoms with Gasteiger partial charge in [0, 0.05) is 13.2 Å². The highest BCUT2D eigenvalue weighted by molar-refractivity contribution is 9.11. The van der Waals surface area contributed by atoms with Crippen LogP contribution in [0.1, 0.15) is 73.6 Å². The van der Waals surface area contributed by atoms with Crippen LogP contribution in [0.15, 0.2) is 86.8 Å². The predicted molar refractivity (Wildman–Crippen MR) is 275 cm³/mol. The van der Waals surface area contributed by atoms with Gasteiger partial charge < -0.3 is 72.7 Å². The van der Waals surface area contributed by atoms with Crippen molar-refractivity contribution < 1.29 is 85.7 Å². The van der Waals surface area contributed by atoms with Gasteiger partial charge in [-0.3, -0.25) is 4.55 Å². The molecule has 3 aliphatic rings. The fraction of sp³-hybridized carbons (Fsp3) is 0.469. The van der Waals surface area contributed by atoms with E-state index >= 15 is 0 Å². The van der Waals surface area contributed by atoms with Crippen molar-refractivity contribution in [1.29, 1.82) is 0 Å². The van der Waals surface area contributed by atoms with Gasteiger partial charge in [0.25, 0.3) is 10.1 Å². The Kier molecular flexibility index (Phi) is 30.4. The van der Waals surface area contributed by atoms with E-state index in [-0.39, 0.29) is 35.0 Å². The van der Waals surface area contributed by atoms with Gasteiger partial charge in [0.1, 0.15) is 43.4 Å². The summed E-state index contributed by atoms with van der Waals surface area (Å²) in [5.41, 5.74) is 3.75. The second kappa shape index (κ2) is 34.3. The first kappa shape index (κ1) is 63.0. The molecule has 3 heterocycles. The Bertz CT molecular complexity index is 2190. The van der Waals surface area contributed by atoms with Crippen molar-refractivity contribution in [2.24, 2.45) is 0 Å². The summed E-state index contributed by atoms with van der Waals surface area (Å²) in [4.78, 5) is -0.0666. The summed E-state index contributed by atoms with van der Waals surface area (Å²) < 4.78 is 89.7. The van der Waals surface area contributed by atoms with Gasteiger partial charge in [-0.05, 0) is 161 Å². The number of aliphatic hydroxyl groups excluding tert-OH is 1. The van der Waals surface area contributed by atoms with Crippen molar-refractivity contribution in [1.82, 2.24) is 0 Å². The molecule has 0 amide bonds. The Hall–Kier alpha value is -4.17. The number of hydrogen-bond donors (Lipinski definition) is 4. The maximum absolute atomic E-state index is 10.5. The number of aryl methyl sites for hydroxylation is 1. The minimum Gasteiger partial charge on any atom is -0.502 e. The maximum atomic E-state index is 10.5. The third-order valence-electron chi connectivity index (χ3n) is 10.3. The van der Waals surface area contributed by atoms with Gasteiger partial charge in [-0.15, -0.1) is 0 Å². The lowest BCUT2D eigenvalue weighted by Crippen LogP contribution is -2.33. The highest BCUT2D eigenvalue weighted by Gasteiger charge is 2.24. The molecule has 2 saturated heterocycles. The largest absolute Gasteiger partial charge is 0.502 e. The lowest BCUT2D eigenvalue weighted by atomic mass is 9.78. The minimum atomic E-state index is -4.02. The second-order valence-corrected chi connectivity index (χ2v) is 18.5. The van der Waals surface area contributed by atoms with Crippen molar-refractivity contribution in [2.75, 3.05) is 62.5 Å². The van der Waals surface area contributed by atoms with Crippen LogP contribution in [0.2, 0.25) is 0 Å². The monoisotopic (exact) mass is 1150 g/mol. The zero-order valence-electron chi connectivity index (χ0n) is 41.3. The van der Waals surface area contributed by atoms with E-state index in [0.717, 1.165) is 101 Å². The van der Waals surface area contributed by atoms with E-state index in [1.165, 1.54) is 39.2 Å². The minimum absolute atomic E-state index is 0. The van der Waals surface area contributed by atoms with Gasteiger partial charge in [-0.25, -0.2) is 0 Å². The molecule has 71 heavy (non-hydrogen) atoms. The number of rotatable bonds is 15. The number of benzene rings is 4. The van der Waals surface area contributed by atoms with E-state index < -0.39 is 17.2 Å². The van der Waals surface area contributed by atoms with Crippen LogP contribution in [0.3, 0.4) is 0 Å². The maximum Gasteiger partial charge on any atom is 0.496 e. The van der Waals surface area contributed by atoms with Crippen LogP contribution in [0.25, 0.3) is 0 Å². The van der Waals surface area contributed by atoms with E-state index in [0.29, 0.717) is 36.2 Å². The van der Waals surface area contributed by atoms with Gasteiger partial charge in [-0.1, -0.05) is 17.7 Å². The normalized spacial score (nSPS) is 15.8. The Labute approximate surface area is 434 Å². The molecule has 6 N–H and O–H groups in total. The van der Waals surface area contributed by atoms with E-state index in [2.05, 4.69) is 31.9 Å². The lowest BCUT2D eigenvalue weighted by molar-refractivity contribution is -0.169. The Morgan fingerprint density at radius 2 is 1.03 bits per heavy atom. The second-order valence-electron chi connectivity index (χ2n) is 15.5. The molecular weight excluding hydrogens is 1080 g/mol. The fourth-order valence-electron chi connectivity index (χ4n) is 6.62. The number of methoxy groups -OCH3 is 6. The molecule has 0 aromatic heterocycles. The molecule has 0 bridgehead atoms. The molecule has 2 unspecified atom stereocenters. The standard InChI is InChI=1S/C14H21BO6.C14H19BrO4.C9H11BrO3.C7H8O3S.C5H8O.H2O/c1-18-11-7-10(8-12(19-2)14(11)15(16)17)9-21-13-5-3-4-6-20-13;1-16-11-7-10(8-12(17-2)14(11)15)9-19-13-5-3-4-6-18-13;1-12-7-3-6(5-11)4-8(13-2)9(7)10;1-6-2-4-7(5-3-6)11(8,9)10;1-2-4-6-5-3-1;/h7-8,13,16-17H,3-6,9H2,1-2H3;7-8,13H,3-6,9H2,1-2H3;3-4,11H,5H2,1-2H3;2-5H,1H3,(H,8,9,10);2,4H,1,3,5H2;1H2. The number of halogens is 2. The molecule has 18 nitrogen and oxygen atoms in total. The molecule has 3 aliphatic heterocycles. The summed E-state index contributed by atoms with van der Waals surface area (Å²) in [6.07, 6.45) is 12.2. The molecule has 7 rings (SSSR count). The first-order valence-electron chi connectivity index (χ1n) is 22.4. The van der Waals surface area contributed by atoms with Crippen LogP contribution < -0.4 is 33.9 Å². The summed E-state index contributed by atoms with van der Waals surface area (Å²) in [6, 6.07) is 16.8. The molecule has 0 saturated carbocycles. The van der Waals surface area contributed by atoms with Crippen molar-refractivity contribution in [3.8, 4) is 34.5 Å². The van der Waals surface area contributed by atoms with Gasteiger partial charge in [-0.2, -0.15) is 8.42 Å². The fourth-order valence-corrected chi connectivity index (χ4v) is 8.20. The Morgan fingerprint density at radius 1 is 0.620 bits per heavy atom. The van der Waals surface area contributed by atoms with Crippen molar-refractivity contribution in [3.63, 3.8) is 0 Å². The Balaban J connectivity index is 0.000000318. The van der Waals surface area contributed by atoms with Crippen LogP contribution in [0, 0.1) is 6.92 Å². The van der Waals surface area contributed by atoms with Crippen molar-refractivity contribution in [3.05, 3.63) is 104 Å². The topological polar surface area (TPSA) is 248 Å². The first-order chi connectivity index (χ1) is 33.6. The number of aliphatic hydroxyl groups is 1. The van der Waals surface area contributed by atoms with E-state index in [4.69, 9.17) is 61.8 Å². The van der Waals surface area contributed by atoms with Crippen LogP contribution in [-0.4, -0.2) is 116 Å². The van der Waals surface area contributed by atoms with Crippen LogP contribution in [0.4, 0.5) is 0 Å². The molecule has 22 heteroatoms. The van der Waals surface area contributed by atoms with E-state index in [1.807, 2.05) is 25.1 Å². The third-order valence-corrected chi connectivity index (χ3v) is 12.8. The highest BCUT2D eigenvalue weighted by Crippen LogP contribution is 2.37. The predicted octanol–water partition coefficient (Wildman–Crippen LogP) is 7.62. The molecule has 4 aromatic carbocycles. The number of ether oxygens (including phenoxy) is 11. The van der Waals surface area contributed by atoms with Gasteiger partial charge in [0.15, 0.2) is 12.6 Å². The highest BCUT2D eigenvalue weighted by atomic mass is 79.9. The van der Waals surface area contributed by atoms with Crippen LogP contribution >= 0.6 is 31.9 Å². The van der Waals surface area contributed by atoms with Gasteiger partial charge >= 0.3 is 7.12 Å². The molecule has 0 aliphatic carbocycles. The zero-order valence-corrected chi connectivity index (χ0v) is 45.3. The zero-order chi connectivity index (χ0) is 51.5. The average molecular weight is 1150 g/mol. The summed E-state index contributed by atoms with van der Waals surface area (Å²) in [5.74, 6) is 3.50. The molecule has 2 atom stereocenters.